The smallest absolute Gasteiger partial charge is 0.280 e. The summed E-state index contributed by atoms with van der Waals surface area (Å²) in [7, 11) is 0. The van der Waals surface area contributed by atoms with Gasteiger partial charge >= 0.3 is 0 Å². The van der Waals surface area contributed by atoms with Crippen LogP contribution in [0, 0.1) is 0 Å². The van der Waals surface area contributed by atoms with Gasteiger partial charge in [-0.05, 0) is 22.0 Å². The van der Waals surface area contributed by atoms with Crippen molar-refractivity contribution >= 4 is 21.6 Å². The largest absolute Gasteiger partial charge is 0.398 e. The maximum absolute atomic E-state index is 12.2. The van der Waals surface area contributed by atoms with Gasteiger partial charge in [-0.3, -0.25) is 0 Å². The number of hydrogen-bond acceptors (Lipinski definition) is 3. The molecular weight excluding hydrogens is 244 g/mol. The molecule has 4 N–H and O–H groups in total. The van der Waals surface area contributed by atoms with E-state index < -0.39 is 6.43 Å². The molecule has 1 aromatic rings. The van der Waals surface area contributed by atoms with Gasteiger partial charge in [0.1, 0.15) is 10.3 Å². The maximum Gasteiger partial charge on any atom is 0.280 e. The lowest BCUT2D eigenvalue weighted by Crippen LogP contribution is -2.06. The Morgan fingerprint density at radius 3 is 2.54 bits per heavy atom. The number of aromatic nitrogens is 1. The van der Waals surface area contributed by atoms with Crippen molar-refractivity contribution in [2.24, 2.45) is 5.73 Å². The fourth-order valence-electron chi connectivity index (χ4n) is 0.892. The van der Waals surface area contributed by atoms with E-state index in [1.54, 1.807) is 0 Å². The van der Waals surface area contributed by atoms with Crippen molar-refractivity contribution in [2.45, 2.75) is 13.0 Å². The summed E-state index contributed by atoms with van der Waals surface area (Å²) in [6.07, 6.45) is -2.62. The van der Waals surface area contributed by atoms with Gasteiger partial charge in [-0.15, -0.1) is 0 Å². The summed E-state index contributed by atoms with van der Waals surface area (Å²) in [5.74, 6) is 0. The topological polar surface area (TPSA) is 64.9 Å². The second-order valence-corrected chi connectivity index (χ2v) is 3.16. The first kappa shape index (κ1) is 10.3. The summed E-state index contributed by atoms with van der Waals surface area (Å²) in [6, 6.07) is 1.14. The third-order valence-electron chi connectivity index (χ3n) is 1.56. The fourth-order valence-corrected chi connectivity index (χ4v) is 1.49. The Labute approximate surface area is 82.3 Å². The Hall–Kier alpha value is -0.750. The molecule has 0 amide bonds. The lowest BCUT2D eigenvalue weighted by molar-refractivity contribution is 0.146. The third kappa shape index (κ3) is 2.13. The van der Waals surface area contributed by atoms with Crippen LogP contribution in [0.5, 0.6) is 0 Å². The molecule has 1 rings (SSSR count). The molecule has 6 heteroatoms. The Morgan fingerprint density at radius 2 is 2.15 bits per heavy atom. The molecule has 0 unspecified atom stereocenters. The lowest BCUT2D eigenvalue weighted by Gasteiger charge is -2.07. The minimum absolute atomic E-state index is 0.170. The van der Waals surface area contributed by atoms with Gasteiger partial charge in [0.05, 0.1) is 0 Å². The van der Waals surface area contributed by atoms with E-state index in [0.29, 0.717) is 5.56 Å². The van der Waals surface area contributed by atoms with Gasteiger partial charge in [-0.25, -0.2) is 13.8 Å². The predicted octanol–water partition coefficient (Wildman–Crippen LogP) is 1.82. The number of anilines is 1. The molecule has 72 valence electrons. The molecule has 0 spiro atoms. The quantitative estimate of drug-likeness (QED) is 0.789. The number of hydrogen-bond donors (Lipinski definition) is 2. The molecule has 0 aliphatic rings. The van der Waals surface area contributed by atoms with Crippen molar-refractivity contribution < 1.29 is 8.78 Å². The molecule has 0 bridgehead atoms. The predicted molar refractivity (Wildman–Crippen MR) is 49.2 cm³/mol. The highest BCUT2D eigenvalue weighted by atomic mass is 79.9. The molecule has 0 radical (unpaired) electrons. The molecule has 1 heterocycles. The third-order valence-corrected chi connectivity index (χ3v) is 2.21. The second-order valence-electron chi connectivity index (χ2n) is 2.41. The molecule has 0 aromatic carbocycles. The normalized spacial score (nSPS) is 10.8. The standard InChI is InChI=1S/C7H8BrF2N3/c8-6-3(2-11)4(12)1-5(13-6)7(9)10/h1,7H,2,11H2,(H2,12,13). The Bertz CT molecular complexity index is 294. The van der Waals surface area contributed by atoms with Crippen LogP contribution in [0.1, 0.15) is 17.7 Å². The van der Waals surface area contributed by atoms with Crippen molar-refractivity contribution in [1.29, 1.82) is 0 Å². The Morgan fingerprint density at radius 1 is 1.54 bits per heavy atom. The van der Waals surface area contributed by atoms with Crippen LogP contribution in [0.3, 0.4) is 0 Å². The number of rotatable bonds is 2. The van der Waals surface area contributed by atoms with Crippen LogP contribution in [-0.4, -0.2) is 4.98 Å². The van der Waals surface area contributed by atoms with E-state index in [2.05, 4.69) is 20.9 Å². The van der Waals surface area contributed by atoms with Crippen LogP contribution in [0.2, 0.25) is 0 Å². The molecule has 0 fully saturated rings. The highest BCUT2D eigenvalue weighted by molar-refractivity contribution is 9.10. The Balaban J connectivity index is 3.20. The first-order valence-corrected chi connectivity index (χ1v) is 4.28. The van der Waals surface area contributed by atoms with Gasteiger partial charge in [-0.1, -0.05) is 0 Å². The maximum atomic E-state index is 12.2. The lowest BCUT2D eigenvalue weighted by atomic mass is 10.2. The summed E-state index contributed by atoms with van der Waals surface area (Å²) >= 11 is 3.02. The average molecular weight is 252 g/mol. The molecule has 0 saturated carbocycles. The molecule has 0 atom stereocenters. The second kappa shape index (κ2) is 3.97. The Kier molecular flexibility index (Phi) is 3.16. The van der Waals surface area contributed by atoms with Crippen LogP contribution in [-0.2, 0) is 6.54 Å². The summed E-state index contributed by atoms with van der Waals surface area (Å²) in [5, 5.41) is 0. The van der Waals surface area contributed by atoms with E-state index in [4.69, 9.17) is 11.5 Å². The monoisotopic (exact) mass is 251 g/mol. The van der Waals surface area contributed by atoms with E-state index in [0.717, 1.165) is 6.07 Å². The van der Waals surface area contributed by atoms with Crippen LogP contribution in [0.15, 0.2) is 10.7 Å². The molecule has 0 saturated heterocycles. The zero-order chi connectivity index (χ0) is 10.0. The van der Waals surface area contributed by atoms with E-state index in [1.807, 2.05) is 0 Å². The summed E-state index contributed by atoms with van der Waals surface area (Å²) in [5.41, 5.74) is 11.3. The van der Waals surface area contributed by atoms with Gasteiger partial charge in [0.15, 0.2) is 0 Å². The van der Waals surface area contributed by atoms with Gasteiger partial charge in [0.2, 0.25) is 0 Å². The molecule has 13 heavy (non-hydrogen) atoms. The van der Waals surface area contributed by atoms with E-state index in [-0.39, 0.29) is 22.5 Å². The molecule has 1 aromatic heterocycles. The molecule has 3 nitrogen and oxygen atoms in total. The van der Waals surface area contributed by atoms with Gasteiger partial charge in [0.25, 0.3) is 6.43 Å². The van der Waals surface area contributed by atoms with Gasteiger partial charge in [0, 0.05) is 17.8 Å². The van der Waals surface area contributed by atoms with Crippen LogP contribution in [0.4, 0.5) is 14.5 Å². The van der Waals surface area contributed by atoms with Crippen molar-refractivity contribution in [3.05, 3.63) is 21.9 Å². The fraction of sp³-hybridized carbons (Fsp3) is 0.286. The van der Waals surface area contributed by atoms with E-state index in [1.165, 1.54) is 0 Å². The van der Waals surface area contributed by atoms with Crippen molar-refractivity contribution in [3.63, 3.8) is 0 Å². The number of halogens is 3. The van der Waals surface area contributed by atoms with Crippen molar-refractivity contribution in [1.82, 2.24) is 4.98 Å². The first-order chi connectivity index (χ1) is 6.06. The summed E-state index contributed by atoms with van der Waals surface area (Å²) in [6.45, 7) is 0.170. The van der Waals surface area contributed by atoms with Crippen LogP contribution >= 0.6 is 15.9 Å². The number of nitrogen functional groups attached to an aromatic ring is 1. The van der Waals surface area contributed by atoms with Gasteiger partial charge < -0.3 is 11.5 Å². The number of alkyl halides is 2. The SMILES string of the molecule is NCc1c(N)cc(C(F)F)nc1Br. The zero-order valence-corrected chi connectivity index (χ0v) is 8.18. The van der Waals surface area contributed by atoms with E-state index >= 15 is 0 Å². The number of nitrogens with zero attached hydrogens (tertiary/aromatic N) is 1. The van der Waals surface area contributed by atoms with Crippen molar-refractivity contribution in [2.75, 3.05) is 5.73 Å². The molecule has 0 aliphatic heterocycles. The number of pyridine rings is 1. The van der Waals surface area contributed by atoms with Crippen LogP contribution in [0.25, 0.3) is 0 Å². The minimum Gasteiger partial charge on any atom is -0.398 e. The average Bonchev–Trinajstić information content (AvgIpc) is 2.03. The summed E-state index contributed by atoms with van der Waals surface area (Å²) in [4.78, 5) is 3.61. The number of nitrogens with two attached hydrogens (primary N) is 2. The van der Waals surface area contributed by atoms with Crippen LogP contribution < -0.4 is 11.5 Å². The summed E-state index contributed by atoms with van der Waals surface area (Å²) < 4.78 is 24.7. The van der Waals surface area contributed by atoms with E-state index in [9.17, 15) is 8.78 Å². The minimum atomic E-state index is -2.62. The highest BCUT2D eigenvalue weighted by Gasteiger charge is 2.13. The first-order valence-electron chi connectivity index (χ1n) is 3.49. The molecule has 0 aliphatic carbocycles. The highest BCUT2D eigenvalue weighted by Crippen LogP contribution is 2.26. The molecular formula is C7H8BrF2N3. The van der Waals surface area contributed by atoms with Gasteiger partial charge in [-0.2, -0.15) is 0 Å². The zero-order valence-electron chi connectivity index (χ0n) is 6.60. The van der Waals surface area contributed by atoms with Crippen molar-refractivity contribution in [3.8, 4) is 0 Å².